The van der Waals surface area contributed by atoms with Gasteiger partial charge in [0.15, 0.2) is 5.70 Å². The lowest BCUT2D eigenvalue weighted by Gasteiger charge is -2.36. The van der Waals surface area contributed by atoms with Gasteiger partial charge in [0.05, 0.1) is 28.6 Å². The molecule has 0 radical (unpaired) electrons. The molecule has 2 N–H and O–H groups in total. The SMILES string of the molecule is COC(=O)C1=C(Cl)C(N)(C(F)F)C(Cl)C(c2ccc(Cl)cn2)=N1. The van der Waals surface area contributed by atoms with E-state index in [2.05, 4.69) is 14.7 Å². The summed E-state index contributed by atoms with van der Waals surface area (Å²) in [6.07, 6.45) is -1.88. The Balaban J connectivity index is 2.66. The smallest absolute Gasteiger partial charge is 0.357 e. The van der Waals surface area contributed by atoms with Gasteiger partial charge < -0.3 is 10.5 Å². The minimum Gasteiger partial charge on any atom is -0.464 e. The molecule has 1 aliphatic rings. The van der Waals surface area contributed by atoms with Gasteiger partial charge in [-0.2, -0.15) is 0 Å². The van der Waals surface area contributed by atoms with E-state index in [0.717, 1.165) is 7.11 Å². The Kier molecular flexibility index (Phi) is 5.25. The number of hydrogen-bond acceptors (Lipinski definition) is 5. The van der Waals surface area contributed by atoms with Crippen molar-refractivity contribution in [2.75, 3.05) is 7.11 Å². The molecule has 0 spiro atoms. The van der Waals surface area contributed by atoms with E-state index in [0.29, 0.717) is 5.02 Å². The van der Waals surface area contributed by atoms with Crippen LogP contribution in [0.1, 0.15) is 5.69 Å². The number of rotatable bonds is 3. The Hall–Kier alpha value is -1.28. The van der Waals surface area contributed by atoms with Crippen molar-refractivity contribution in [3.05, 3.63) is 39.8 Å². The van der Waals surface area contributed by atoms with E-state index in [9.17, 15) is 13.6 Å². The maximum absolute atomic E-state index is 13.5. The van der Waals surface area contributed by atoms with Gasteiger partial charge in [-0.3, -0.25) is 4.98 Å². The summed E-state index contributed by atoms with van der Waals surface area (Å²) in [5.41, 5.74) is 2.67. The molecule has 2 heterocycles. The van der Waals surface area contributed by atoms with Crippen molar-refractivity contribution in [2.45, 2.75) is 17.3 Å². The first-order valence-electron chi connectivity index (χ1n) is 6.13. The lowest BCUT2D eigenvalue weighted by Crippen LogP contribution is -2.60. The normalized spacial score (nSPS) is 24.7. The molecule has 0 saturated heterocycles. The van der Waals surface area contributed by atoms with Crippen LogP contribution in [-0.4, -0.2) is 41.1 Å². The maximum Gasteiger partial charge on any atom is 0.357 e. The average molecular weight is 385 g/mol. The number of carbonyl (C=O) groups is 1. The van der Waals surface area contributed by atoms with Gasteiger partial charge in [0.2, 0.25) is 0 Å². The molecule has 2 rings (SSSR count). The molecule has 2 atom stereocenters. The third kappa shape index (κ3) is 3.06. The highest BCUT2D eigenvalue weighted by Crippen LogP contribution is 2.39. The summed E-state index contributed by atoms with van der Waals surface area (Å²) in [4.78, 5) is 19.7. The van der Waals surface area contributed by atoms with Gasteiger partial charge in [-0.15, -0.1) is 11.6 Å². The number of pyridine rings is 1. The van der Waals surface area contributed by atoms with Crippen molar-refractivity contribution in [1.82, 2.24) is 4.98 Å². The largest absolute Gasteiger partial charge is 0.464 e. The molecule has 0 bridgehead atoms. The van der Waals surface area contributed by atoms with Gasteiger partial charge in [-0.1, -0.05) is 23.2 Å². The van der Waals surface area contributed by atoms with Crippen LogP contribution in [0.25, 0.3) is 0 Å². The minimum absolute atomic E-state index is 0.129. The van der Waals surface area contributed by atoms with Gasteiger partial charge >= 0.3 is 5.97 Å². The maximum atomic E-state index is 13.5. The van der Waals surface area contributed by atoms with E-state index in [1.54, 1.807) is 0 Å². The van der Waals surface area contributed by atoms with E-state index in [1.165, 1.54) is 18.3 Å². The van der Waals surface area contributed by atoms with Crippen LogP contribution in [0.4, 0.5) is 8.78 Å². The summed E-state index contributed by atoms with van der Waals surface area (Å²) in [6.45, 7) is 0. The second kappa shape index (κ2) is 6.68. The number of aromatic nitrogens is 1. The average Bonchev–Trinajstić information content (AvgIpc) is 2.53. The topological polar surface area (TPSA) is 77.6 Å². The standard InChI is InChI=1S/C13H10Cl3F2N3O2/c1-23-11(22)8-10(16)13(19,12(17)18)9(15)7(21-8)6-3-2-5(14)4-20-6/h2-4,9,12H,19H2,1H3. The molecular weight excluding hydrogens is 375 g/mol. The number of aliphatic imine (C=N–C) groups is 1. The summed E-state index contributed by atoms with van der Waals surface area (Å²) in [7, 11) is 1.06. The Bertz CT molecular complexity index is 694. The van der Waals surface area contributed by atoms with Crippen molar-refractivity contribution in [3.8, 4) is 0 Å². The third-order valence-corrected chi connectivity index (χ3v) is 4.51. The molecule has 124 valence electrons. The number of ether oxygens (including phenoxy) is 1. The van der Waals surface area contributed by atoms with E-state index in [-0.39, 0.29) is 11.4 Å². The molecule has 23 heavy (non-hydrogen) atoms. The highest BCUT2D eigenvalue weighted by molar-refractivity contribution is 6.41. The highest BCUT2D eigenvalue weighted by atomic mass is 35.5. The summed E-state index contributed by atoms with van der Waals surface area (Å²) in [5, 5.41) is -1.86. The first-order valence-corrected chi connectivity index (χ1v) is 7.32. The fourth-order valence-electron chi connectivity index (χ4n) is 1.92. The van der Waals surface area contributed by atoms with Gasteiger partial charge in [0.1, 0.15) is 10.9 Å². The van der Waals surface area contributed by atoms with Crippen LogP contribution in [0, 0.1) is 0 Å². The number of alkyl halides is 3. The first kappa shape index (κ1) is 18.1. The van der Waals surface area contributed by atoms with Crippen molar-refractivity contribution in [1.29, 1.82) is 0 Å². The molecule has 0 saturated carbocycles. The van der Waals surface area contributed by atoms with Crippen molar-refractivity contribution in [2.24, 2.45) is 10.7 Å². The summed E-state index contributed by atoms with van der Waals surface area (Å²) in [6, 6.07) is 2.88. The monoisotopic (exact) mass is 383 g/mol. The number of nitrogens with two attached hydrogens (primary N) is 1. The molecule has 0 amide bonds. The molecule has 5 nitrogen and oxygen atoms in total. The van der Waals surface area contributed by atoms with Gasteiger partial charge in [0.25, 0.3) is 6.43 Å². The molecule has 10 heteroatoms. The quantitative estimate of drug-likeness (QED) is 0.642. The third-order valence-electron chi connectivity index (χ3n) is 3.21. The number of esters is 1. The second-order valence-corrected chi connectivity index (χ2v) is 5.86. The Morgan fingerprint density at radius 3 is 2.57 bits per heavy atom. The zero-order chi connectivity index (χ0) is 17.4. The van der Waals surface area contributed by atoms with Crippen molar-refractivity contribution < 1.29 is 18.3 Å². The van der Waals surface area contributed by atoms with Crippen LogP contribution < -0.4 is 5.73 Å². The van der Waals surface area contributed by atoms with Crippen LogP contribution >= 0.6 is 34.8 Å². The van der Waals surface area contributed by atoms with E-state index in [1.807, 2.05) is 0 Å². The Morgan fingerprint density at radius 2 is 2.09 bits per heavy atom. The molecule has 0 fully saturated rings. The zero-order valence-corrected chi connectivity index (χ0v) is 13.8. The lowest BCUT2D eigenvalue weighted by atomic mass is 9.88. The molecule has 1 aliphatic heterocycles. The molecule has 1 aromatic rings. The van der Waals surface area contributed by atoms with E-state index < -0.39 is 34.0 Å². The molecule has 1 aromatic heterocycles. The van der Waals surface area contributed by atoms with Crippen molar-refractivity contribution in [3.63, 3.8) is 0 Å². The Labute approximate surface area is 145 Å². The fraction of sp³-hybridized carbons (Fsp3) is 0.308. The summed E-state index contributed by atoms with van der Waals surface area (Å²) >= 11 is 17.7. The first-order chi connectivity index (χ1) is 10.7. The molecule has 2 unspecified atom stereocenters. The number of hydrogen-bond donors (Lipinski definition) is 1. The Morgan fingerprint density at radius 1 is 1.43 bits per heavy atom. The number of nitrogens with zero attached hydrogens (tertiary/aromatic N) is 2. The van der Waals surface area contributed by atoms with Crippen molar-refractivity contribution >= 4 is 46.5 Å². The predicted molar refractivity (Wildman–Crippen MR) is 83.2 cm³/mol. The lowest BCUT2D eigenvalue weighted by molar-refractivity contribution is -0.136. The number of halogens is 5. The van der Waals surface area contributed by atoms with E-state index in [4.69, 9.17) is 40.5 Å². The van der Waals surface area contributed by atoms with E-state index >= 15 is 0 Å². The number of methoxy groups -OCH3 is 1. The fourth-order valence-corrected chi connectivity index (χ4v) is 2.77. The zero-order valence-electron chi connectivity index (χ0n) is 11.6. The molecule has 0 aliphatic carbocycles. The number of carbonyl (C=O) groups excluding carboxylic acids is 1. The summed E-state index contributed by atoms with van der Waals surface area (Å²) in [5.74, 6) is -1.01. The van der Waals surface area contributed by atoms with Crippen LogP contribution in [0.5, 0.6) is 0 Å². The second-order valence-electron chi connectivity index (χ2n) is 4.61. The molecule has 0 aromatic carbocycles. The molecular formula is C13H10Cl3F2N3O2. The highest BCUT2D eigenvalue weighted by Gasteiger charge is 2.53. The van der Waals surface area contributed by atoms with Gasteiger partial charge in [-0.05, 0) is 12.1 Å². The predicted octanol–water partition coefficient (Wildman–Crippen LogP) is 2.73. The van der Waals surface area contributed by atoms with Crippen LogP contribution in [0.15, 0.2) is 34.1 Å². The van der Waals surface area contributed by atoms with Crippen LogP contribution in [-0.2, 0) is 9.53 Å². The minimum atomic E-state index is -3.16. The van der Waals surface area contributed by atoms with Crippen LogP contribution in [0.2, 0.25) is 5.02 Å². The van der Waals surface area contributed by atoms with Crippen LogP contribution in [0.3, 0.4) is 0 Å². The van der Waals surface area contributed by atoms with Gasteiger partial charge in [0, 0.05) is 6.20 Å². The van der Waals surface area contributed by atoms with Gasteiger partial charge in [-0.25, -0.2) is 18.6 Å². The summed E-state index contributed by atoms with van der Waals surface area (Å²) < 4.78 is 31.5.